The molecule has 0 saturated carbocycles. The second-order valence-electron chi connectivity index (χ2n) is 4.35. The van der Waals surface area contributed by atoms with Gasteiger partial charge in [-0.05, 0) is 25.3 Å². The molecule has 0 spiro atoms. The van der Waals surface area contributed by atoms with Gasteiger partial charge < -0.3 is 15.4 Å². The number of nitrogens with two attached hydrogens (primary N) is 1. The lowest BCUT2D eigenvalue weighted by atomic mass is 10.1. The Morgan fingerprint density at radius 3 is 3.24 bits per heavy atom. The maximum atomic E-state index is 5.80. The lowest BCUT2D eigenvalue weighted by molar-refractivity contribution is 0.0439. The Labute approximate surface area is 102 Å². The van der Waals surface area contributed by atoms with Gasteiger partial charge in [0.2, 0.25) is 5.95 Å². The number of hydrogen-bond donors (Lipinski definition) is 1. The van der Waals surface area contributed by atoms with E-state index in [1.807, 2.05) is 6.07 Å². The first kappa shape index (κ1) is 12.1. The summed E-state index contributed by atoms with van der Waals surface area (Å²) >= 11 is 0. The summed E-state index contributed by atoms with van der Waals surface area (Å²) in [5.41, 5.74) is 5.60. The zero-order valence-corrected chi connectivity index (χ0v) is 10.3. The van der Waals surface area contributed by atoms with Crippen molar-refractivity contribution in [3.63, 3.8) is 0 Å². The topological polar surface area (TPSA) is 64.3 Å². The predicted molar refractivity (Wildman–Crippen MR) is 67.9 cm³/mol. The van der Waals surface area contributed by atoms with E-state index in [1.165, 1.54) is 0 Å². The van der Waals surface area contributed by atoms with Crippen molar-refractivity contribution in [2.75, 3.05) is 30.3 Å². The lowest BCUT2D eigenvalue weighted by Gasteiger charge is -2.33. The Kier molecular flexibility index (Phi) is 4.14. The second-order valence-corrected chi connectivity index (χ2v) is 4.35. The van der Waals surface area contributed by atoms with Crippen LogP contribution in [0.2, 0.25) is 0 Å². The maximum absolute atomic E-state index is 5.80. The highest BCUT2D eigenvalue weighted by molar-refractivity contribution is 5.41. The van der Waals surface area contributed by atoms with E-state index < -0.39 is 0 Å². The fraction of sp³-hybridized carbons (Fsp3) is 0.667. The molecule has 2 N–H and O–H groups in total. The Morgan fingerprint density at radius 2 is 2.47 bits per heavy atom. The molecule has 1 aliphatic heterocycles. The first-order valence-electron chi connectivity index (χ1n) is 6.24. The zero-order chi connectivity index (χ0) is 12.1. The van der Waals surface area contributed by atoms with Crippen molar-refractivity contribution < 1.29 is 4.74 Å². The van der Waals surface area contributed by atoms with Gasteiger partial charge in [0.1, 0.15) is 5.82 Å². The smallest absolute Gasteiger partial charge is 0.221 e. The van der Waals surface area contributed by atoms with Crippen molar-refractivity contribution in [2.45, 2.75) is 32.3 Å². The van der Waals surface area contributed by atoms with Crippen LogP contribution in [0.15, 0.2) is 12.3 Å². The summed E-state index contributed by atoms with van der Waals surface area (Å²) in [5.74, 6) is 1.24. The van der Waals surface area contributed by atoms with Crippen LogP contribution < -0.4 is 10.6 Å². The number of ether oxygens (including phenoxy) is 1. The van der Waals surface area contributed by atoms with Crippen LogP contribution in [0.5, 0.6) is 0 Å². The lowest BCUT2D eigenvalue weighted by Crippen LogP contribution is -2.40. The summed E-state index contributed by atoms with van der Waals surface area (Å²) in [7, 11) is 0. The third kappa shape index (κ3) is 3.30. The van der Waals surface area contributed by atoms with E-state index in [-0.39, 0.29) is 0 Å². The van der Waals surface area contributed by atoms with Crippen molar-refractivity contribution in [2.24, 2.45) is 0 Å². The number of nitrogen functional groups attached to an aromatic ring is 1. The largest absolute Gasteiger partial charge is 0.376 e. The van der Waals surface area contributed by atoms with Crippen molar-refractivity contribution in [1.29, 1.82) is 0 Å². The molecule has 1 aliphatic rings. The Balaban J connectivity index is 1.97. The molecule has 0 amide bonds. The minimum Gasteiger partial charge on any atom is -0.376 e. The van der Waals surface area contributed by atoms with Crippen LogP contribution in [-0.2, 0) is 4.74 Å². The van der Waals surface area contributed by atoms with Gasteiger partial charge in [-0.2, -0.15) is 4.98 Å². The average molecular weight is 236 g/mol. The van der Waals surface area contributed by atoms with E-state index in [0.717, 1.165) is 44.8 Å². The van der Waals surface area contributed by atoms with Crippen molar-refractivity contribution in [3.8, 4) is 0 Å². The molecule has 5 heteroatoms. The number of hydrogen-bond acceptors (Lipinski definition) is 5. The first-order valence-corrected chi connectivity index (χ1v) is 6.24. The van der Waals surface area contributed by atoms with E-state index in [2.05, 4.69) is 21.8 Å². The van der Waals surface area contributed by atoms with Crippen LogP contribution in [-0.4, -0.2) is 35.8 Å². The Bertz CT molecular complexity index is 358. The molecule has 0 aliphatic carbocycles. The standard InChI is InChI=1S/C12H20N4O/c1-2-8-17-10-4-3-7-16(9-10)11-5-6-14-12(13)15-11/h5-6,10H,2-4,7-9H2,1H3,(H2,13,14,15). The summed E-state index contributed by atoms with van der Waals surface area (Å²) in [6.07, 6.45) is 5.36. The van der Waals surface area contributed by atoms with Gasteiger partial charge in [0.25, 0.3) is 0 Å². The zero-order valence-electron chi connectivity index (χ0n) is 10.3. The fourth-order valence-electron chi connectivity index (χ4n) is 2.11. The van der Waals surface area contributed by atoms with E-state index in [4.69, 9.17) is 10.5 Å². The van der Waals surface area contributed by atoms with Gasteiger partial charge in [-0.25, -0.2) is 4.98 Å². The van der Waals surface area contributed by atoms with Crippen LogP contribution in [0, 0.1) is 0 Å². The van der Waals surface area contributed by atoms with Gasteiger partial charge in [-0.1, -0.05) is 6.92 Å². The highest BCUT2D eigenvalue weighted by Crippen LogP contribution is 2.19. The summed E-state index contributed by atoms with van der Waals surface area (Å²) in [6, 6.07) is 1.90. The van der Waals surface area contributed by atoms with Gasteiger partial charge in [0.15, 0.2) is 0 Å². The normalized spacial score (nSPS) is 20.5. The molecule has 94 valence electrons. The highest BCUT2D eigenvalue weighted by Gasteiger charge is 2.21. The second kappa shape index (κ2) is 5.82. The van der Waals surface area contributed by atoms with Crippen molar-refractivity contribution >= 4 is 11.8 Å². The van der Waals surface area contributed by atoms with E-state index >= 15 is 0 Å². The van der Waals surface area contributed by atoms with Crippen molar-refractivity contribution in [3.05, 3.63) is 12.3 Å². The van der Waals surface area contributed by atoms with Crippen LogP contribution in [0.3, 0.4) is 0 Å². The molecule has 17 heavy (non-hydrogen) atoms. The molecular weight excluding hydrogens is 216 g/mol. The molecule has 5 nitrogen and oxygen atoms in total. The summed E-state index contributed by atoms with van der Waals surface area (Å²) in [5, 5.41) is 0. The molecular formula is C12H20N4O. The molecule has 1 unspecified atom stereocenters. The summed E-state index contributed by atoms with van der Waals surface area (Å²) < 4.78 is 5.80. The first-order chi connectivity index (χ1) is 8.29. The number of piperidine rings is 1. The molecule has 1 aromatic heterocycles. The third-order valence-electron chi connectivity index (χ3n) is 2.92. The van der Waals surface area contributed by atoms with Crippen LogP contribution in [0.4, 0.5) is 11.8 Å². The quantitative estimate of drug-likeness (QED) is 0.857. The number of rotatable bonds is 4. The highest BCUT2D eigenvalue weighted by atomic mass is 16.5. The molecule has 1 fully saturated rings. The van der Waals surface area contributed by atoms with Gasteiger partial charge in [-0.3, -0.25) is 0 Å². The maximum Gasteiger partial charge on any atom is 0.221 e. The van der Waals surface area contributed by atoms with Crippen LogP contribution in [0.25, 0.3) is 0 Å². The molecule has 1 aromatic rings. The van der Waals surface area contributed by atoms with Crippen LogP contribution in [0.1, 0.15) is 26.2 Å². The SMILES string of the molecule is CCCOC1CCCN(c2ccnc(N)n2)C1. The number of anilines is 2. The molecule has 0 radical (unpaired) electrons. The van der Waals surface area contributed by atoms with E-state index in [0.29, 0.717) is 12.1 Å². The van der Waals surface area contributed by atoms with E-state index in [1.54, 1.807) is 6.20 Å². The minimum absolute atomic E-state index is 0.319. The van der Waals surface area contributed by atoms with Crippen LogP contribution >= 0.6 is 0 Å². The average Bonchev–Trinajstić information content (AvgIpc) is 2.37. The van der Waals surface area contributed by atoms with Gasteiger partial charge in [0.05, 0.1) is 6.10 Å². The van der Waals surface area contributed by atoms with Gasteiger partial charge in [-0.15, -0.1) is 0 Å². The molecule has 2 rings (SSSR count). The predicted octanol–water partition coefficient (Wildman–Crippen LogP) is 1.45. The molecule has 1 atom stereocenters. The summed E-state index contributed by atoms with van der Waals surface area (Å²) in [4.78, 5) is 10.4. The molecule has 0 bridgehead atoms. The van der Waals surface area contributed by atoms with E-state index in [9.17, 15) is 0 Å². The van der Waals surface area contributed by atoms with Gasteiger partial charge in [0, 0.05) is 25.9 Å². The summed E-state index contributed by atoms with van der Waals surface area (Å²) in [6.45, 7) is 4.88. The van der Waals surface area contributed by atoms with Crippen molar-refractivity contribution in [1.82, 2.24) is 9.97 Å². The molecule has 2 heterocycles. The Hall–Kier alpha value is -1.36. The number of aromatic nitrogens is 2. The minimum atomic E-state index is 0.319. The Morgan fingerprint density at radius 1 is 1.59 bits per heavy atom. The fourth-order valence-corrected chi connectivity index (χ4v) is 2.11. The third-order valence-corrected chi connectivity index (χ3v) is 2.92. The monoisotopic (exact) mass is 236 g/mol. The molecule has 0 aromatic carbocycles. The van der Waals surface area contributed by atoms with Gasteiger partial charge >= 0.3 is 0 Å². The number of nitrogens with zero attached hydrogens (tertiary/aromatic N) is 3. The molecule has 1 saturated heterocycles.